The molecule has 0 atom stereocenters. The minimum absolute atomic E-state index is 0.00248. The number of aryl methyl sites for hydroxylation is 1. The highest BCUT2D eigenvalue weighted by Crippen LogP contribution is 2.38. The summed E-state index contributed by atoms with van der Waals surface area (Å²) >= 11 is 0. The molecule has 0 unspecified atom stereocenters. The van der Waals surface area contributed by atoms with E-state index in [4.69, 9.17) is 9.47 Å². The second kappa shape index (κ2) is 7.43. The van der Waals surface area contributed by atoms with E-state index in [9.17, 15) is 9.59 Å². The first-order valence-corrected chi connectivity index (χ1v) is 9.25. The Labute approximate surface area is 167 Å². The van der Waals surface area contributed by atoms with E-state index < -0.39 is 0 Å². The van der Waals surface area contributed by atoms with Gasteiger partial charge >= 0.3 is 5.69 Å². The van der Waals surface area contributed by atoms with E-state index in [1.807, 2.05) is 18.2 Å². The van der Waals surface area contributed by atoms with Gasteiger partial charge in [0.15, 0.2) is 17.3 Å². The minimum atomic E-state index is -0.314. The topological polar surface area (TPSA) is 82.5 Å². The Kier molecular flexibility index (Phi) is 4.80. The minimum Gasteiger partial charge on any atom is -0.493 e. The van der Waals surface area contributed by atoms with Gasteiger partial charge in [-0.25, -0.2) is 4.79 Å². The molecule has 0 radical (unpaired) electrons. The molecule has 4 rings (SSSR count). The van der Waals surface area contributed by atoms with E-state index in [-0.39, 0.29) is 11.5 Å². The number of hydrogen-bond donors (Lipinski definition) is 1. The molecule has 1 aromatic heterocycles. The molecule has 0 saturated heterocycles. The predicted octanol–water partition coefficient (Wildman–Crippen LogP) is 3.43. The van der Waals surface area contributed by atoms with Crippen LogP contribution in [-0.2, 0) is 13.0 Å². The number of benzene rings is 2. The lowest BCUT2D eigenvalue weighted by Crippen LogP contribution is -2.28. The Balaban J connectivity index is 1.75. The molecule has 7 heteroatoms. The van der Waals surface area contributed by atoms with Crippen LogP contribution in [0.3, 0.4) is 0 Å². The third kappa shape index (κ3) is 3.47. The standard InChI is InChI=1S/C22H21N3O4/c1-13(26)14-4-6-16(7-5-14)23-21-12-18-17-11-20(29-3)19(28-2)10-15(17)8-9-25(18)22(27)24-21/h4-7,10-12H,8-9H2,1-3H3,(H,23,24,27). The molecule has 148 valence electrons. The molecule has 0 spiro atoms. The van der Waals surface area contributed by atoms with Gasteiger partial charge in [0, 0.05) is 29.4 Å². The maximum atomic E-state index is 12.6. The second-order valence-corrected chi connectivity index (χ2v) is 6.83. The molecule has 1 N–H and O–H groups in total. The fraction of sp³-hybridized carbons (Fsp3) is 0.227. The molecule has 0 aliphatic carbocycles. The number of nitrogens with zero attached hydrogens (tertiary/aromatic N) is 2. The number of fused-ring (bicyclic) bond motifs is 3. The number of carbonyl (C=O) groups is 1. The van der Waals surface area contributed by atoms with Gasteiger partial charge in [-0.3, -0.25) is 9.36 Å². The number of hydrogen-bond acceptors (Lipinski definition) is 6. The summed E-state index contributed by atoms with van der Waals surface area (Å²) in [6, 6.07) is 12.8. The number of rotatable bonds is 5. The number of ketones is 1. The van der Waals surface area contributed by atoms with Crippen LogP contribution in [0.4, 0.5) is 11.5 Å². The molecule has 0 bridgehead atoms. The number of ether oxygens (including phenoxy) is 2. The maximum absolute atomic E-state index is 12.6. The predicted molar refractivity (Wildman–Crippen MR) is 110 cm³/mol. The van der Waals surface area contributed by atoms with Gasteiger partial charge in [-0.1, -0.05) is 0 Å². The van der Waals surface area contributed by atoms with Crippen molar-refractivity contribution in [2.24, 2.45) is 0 Å². The first-order chi connectivity index (χ1) is 14.0. The van der Waals surface area contributed by atoms with Crippen LogP contribution in [0.1, 0.15) is 22.8 Å². The third-order valence-corrected chi connectivity index (χ3v) is 5.07. The van der Waals surface area contributed by atoms with Crippen molar-refractivity contribution >= 4 is 17.3 Å². The zero-order valence-electron chi connectivity index (χ0n) is 16.5. The molecular formula is C22H21N3O4. The fourth-order valence-corrected chi connectivity index (χ4v) is 3.54. The van der Waals surface area contributed by atoms with E-state index >= 15 is 0 Å². The zero-order chi connectivity index (χ0) is 20.5. The Morgan fingerprint density at radius 3 is 2.41 bits per heavy atom. The van der Waals surface area contributed by atoms with Crippen molar-refractivity contribution < 1.29 is 14.3 Å². The van der Waals surface area contributed by atoms with Crippen molar-refractivity contribution in [3.63, 3.8) is 0 Å². The molecule has 2 aromatic carbocycles. The van der Waals surface area contributed by atoms with Crippen LogP contribution < -0.4 is 20.5 Å². The molecule has 0 fully saturated rings. The highest BCUT2D eigenvalue weighted by molar-refractivity contribution is 5.94. The van der Waals surface area contributed by atoms with Crippen LogP contribution in [0.25, 0.3) is 11.3 Å². The average molecular weight is 391 g/mol. The number of aromatic nitrogens is 2. The van der Waals surface area contributed by atoms with Gasteiger partial charge in [0.05, 0.1) is 19.9 Å². The first-order valence-electron chi connectivity index (χ1n) is 9.25. The Morgan fingerprint density at radius 1 is 1.07 bits per heavy atom. The first kappa shape index (κ1) is 18.7. The molecule has 3 aromatic rings. The van der Waals surface area contributed by atoms with Gasteiger partial charge in [-0.05, 0) is 55.3 Å². The molecule has 2 heterocycles. The lowest BCUT2D eigenvalue weighted by atomic mass is 9.97. The van der Waals surface area contributed by atoms with E-state index in [0.29, 0.717) is 35.8 Å². The lowest BCUT2D eigenvalue weighted by Gasteiger charge is -2.23. The van der Waals surface area contributed by atoms with Crippen LogP contribution in [0.5, 0.6) is 11.5 Å². The summed E-state index contributed by atoms with van der Waals surface area (Å²) in [7, 11) is 3.19. The molecule has 7 nitrogen and oxygen atoms in total. The lowest BCUT2D eigenvalue weighted by molar-refractivity contribution is 0.101. The van der Waals surface area contributed by atoms with Crippen molar-refractivity contribution in [2.45, 2.75) is 19.9 Å². The molecule has 0 saturated carbocycles. The number of methoxy groups -OCH3 is 2. The summed E-state index contributed by atoms with van der Waals surface area (Å²) in [5.41, 5.74) is 3.84. The Bertz CT molecular complexity index is 1150. The molecule has 1 aliphatic rings. The summed E-state index contributed by atoms with van der Waals surface area (Å²) in [6.45, 7) is 2.08. The van der Waals surface area contributed by atoms with Crippen molar-refractivity contribution in [1.82, 2.24) is 9.55 Å². The van der Waals surface area contributed by atoms with Gasteiger partial charge in [0.25, 0.3) is 0 Å². The number of nitrogens with one attached hydrogen (secondary N) is 1. The fourth-order valence-electron chi connectivity index (χ4n) is 3.54. The summed E-state index contributed by atoms with van der Waals surface area (Å²) in [4.78, 5) is 28.2. The molecular weight excluding hydrogens is 370 g/mol. The number of anilines is 2. The molecule has 0 amide bonds. The SMILES string of the molecule is COc1cc2c(cc1OC)-c1cc(Nc3ccc(C(C)=O)cc3)nc(=O)n1CC2. The van der Waals surface area contributed by atoms with Gasteiger partial charge < -0.3 is 14.8 Å². The van der Waals surface area contributed by atoms with Crippen molar-refractivity contribution in [1.29, 1.82) is 0 Å². The highest BCUT2D eigenvalue weighted by atomic mass is 16.5. The average Bonchev–Trinajstić information content (AvgIpc) is 2.73. The van der Waals surface area contributed by atoms with Crippen LogP contribution in [-0.4, -0.2) is 29.6 Å². The van der Waals surface area contributed by atoms with Crippen molar-refractivity contribution in [3.8, 4) is 22.8 Å². The van der Waals surface area contributed by atoms with E-state index in [1.54, 1.807) is 43.1 Å². The van der Waals surface area contributed by atoms with Gasteiger partial charge in [0.1, 0.15) is 5.82 Å². The van der Waals surface area contributed by atoms with Gasteiger partial charge in [-0.2, -0.15) is 4.98 Å². The Morgan fingerprint density at radius 2 is 1.76 bits per heavy atom. The third-order valence-electron chi connectivity index (χ3n) is 5.07. The molecule has 1 aliphatic heterocycles. The number of carbonyl (C=O) groups excluding carboxylic acids is 1. The van der Waals surface area contributed by atoms with Gasteiger partial charge in [0.2, 0.25) is 0 Å². The quantitative estimate of drug-likeness (QED) is 0.671. The monoisotopic (exact) mass is 391 g/mol. The smallest absolute Gasteiger partial charge is 0.350 e. The highest BCUT2D eigenvalue weighted by Gasteiger charge is 2.21. The van der Waals surface area contributed by atoms with E-state index in [0.717, 1.165) is 22.5 Å². The van der Waals surface area contributed by atoms with Crippen LogP contribution in [0.2, 0.25) is 0 Å². The summed E-state index contributed by atoms with van der Waals surface area (Å²) < 4.78 is 12.5. The summed E-state index contributed by atoms with van der Waals surface area (Å²) in [5.74, 6) is 1.72. The number of Topliss-reactive ketones (excluding diaryl/α,β-unsaturated/α-hetero) is 1. The van der Waals surface area contributed by atoms with Crippen LogP contribution in [0, 0.1) is 0 Å². The van der Waals surface area contributed by atoms with E-state index in [2.05, 4.69) is 10.3 Å². The largest absolute Gasteiger partial charge is 0.493 e. The van der Waals surface area contributed by atoms with Crippen LogP contribution in [0.15, 0.2) is 47.3 Å². The normalized spacial score (nSPS) is 12.0. The second-order valence-electron chi connectivity index (χ2n) is 6.83. The van der Waals surface area contributed by atoms with Gasteiger partial charge in [-0.15, -0.1) is 0 Å². The summed E-state index contributed by atoms with van der Waals surface area (Å²) in [5, 5.41) is 3.15. The van der Waals surface area contributed by atoms with Crippen molar-refractivity contribution in [2.75, 3.05) is 19.5 Å². The molecule has 29 heavy (non-hydrogen) atoms. The maximum Gasteiger partial charge on any atom is 0.350 e. The van der Waals surface area contributed by atoms with Crippen molar-refractivity contribution in [3.05, 3.63) is 64.1 Å². The zero-order valence-corrected chi connectivity index (χ0v) is 16.5. The summed E-state index contributed by atoms with van der Waals surface area (Å²) in [6.07, 6.45) is 0.712. The Hall–Kier alpha value is -3.61. The van der Waals surface area contributed by atoms with E-state index in [1.165, 1.54) is 6.92 Å². The van der Waals surface area contributed by atoms with Crippen LogP contribution >= 0.6 is 0 Å².